The second-order valence-corrected chi connectivity index (χ2v) is 11.7. The molecule has 10 nitrogen and oxygen atoms in total. The van der Waals surface area contributed by atoms with Crippen LogP contribution >= 0.6 is 0 Å². The number of allylic oxidation sites excluding steroid dienone is 1. The van der Waals surface area contributed by atoms with E-state index in [2.05, 4.69) is 5.32 Å². The summed E-state index contributed by atoms with van der Waals surface area (Å²) >= 11 is 0. The Bertz CT molecular complexity index is 1490. The Balaban J connectivity index is 1.44. The summed E-state index contributed by atoms with van der Waals surface area (Å²) in [7, 11) is 0. The number of rotatable bonds is 5. The predicted octanol–water partition coefficient (Wildman–Crippen LogP) is 2.49. The molecule has 2 aromatic rings. The lowest BCUT2D eigenvalue weighted by Crippen LogP contribution is -2.56. The standard InChI is InChI=1S/C33H37N3O7/c1-21-20-34-26(38)11-3-2-6-16-35(24-13-12-22-9-4-5-10-23(22)19-24)31(40)29-33-15-14-25(43-33)27(32(41)42-21)28(33)30(39)36(29)17-7-8-18-37/h2,4-6,9-10,12-15,19,21,25,27-29,37H,3,7-8,11,16-18,20H2,1H3,(H,34,38)/b6-2-/t21-,25+,27-,28-,29+,33-/m1/s1. The van der Waals surface area contributed by atoms with Crippen molar-refractivity contribution in [1.29, 1.82) is 0 Å². The molecule has 4 aliphatic rings. The van der Waals surface area contributed by atoms with E-state index in [0.29, 0.717) is 24.9 Å². The molecule has 2 aromatic carbocycles. The number of esters is 1. The quantitative estimate of drug-likeness (QED) is 0.313. The molecule has 0 aliphatic carbocycles. The number of aliphatic hydroxyl groups excluding tert-OH is 1. The highest BCUT2D eigenvalue weighted by Crippen LogP contribution is 2.55. The van der Waals surface area contributed by atoms with Crippen LogP contribution in [0.25, 0.3) is 10.8 Å². The fourth-order valence-electron chi connectivity index (χ4n) is 6.84. The summed E-state index contributed by atoms with van der Waals surface area (Å²) in [6.45, 7) is 2.25. The molecule has 5 bridgehead atoms. The molecule has 2 fully saturated rings. The number of unbranched alkanes of at least 4 members (excludes halogenated alkanes) is 1. The van der Waals surface area contributed by atoms with Gasteiger partial charge >= 0.3 is 5.97 Å². The van der Waals surface area contributed by atoms with Crippen molar-refractivity contribution < 1.29 is 33.8 Å². The number of fused-ring (bicyclic) bond motifs is 3. The molecule has 4 heterocycles. The SMILES string of the molecule is C[C@@H]1CNC(=O)CC/C=C\CN(c2ccc3ccccc3c2)C(=O)[C@@H]2N(CCCCO)C(=O)[C@H]3[C@H](C(=O)O1)[C@@H]1C=C[C@]23O1. The molecule has 0 saturated carbocycles. The van der Waals surface area contributed by atoms with E-state index in [4.69, 9.17) is 9.47 Å². The fraction of sp³-hybridized carbons (Fsp3) is 0.455. The number of likely N-dealkylation sites (tertiary alicyclic amines) is 1. The number of cyclic esters (lactones) is 1. The highest BCUT2D eigenvalue weighted by Gasteiger charge is 2.73. The minimum Gasteiger partial charge on any atom is -0.460 e. The van der Waals surface area contributed by atoms with Crippen molar-refractivity contribution in [2.24, 2.45) is 11.8 Å². The number of hydrogen-bond donors (Lipinski definition) is 2. The van der Waals surface area contributed by atoms with Crippen LogP contribution in [0.3, 0.4) is 0 Å². The molecule has 6 rings (SSSR count). The number of ether oxygens (including phenoxy) is 2. The van der Waals surface area contributed by atoms with Crippen molar-refractivity contribution in [3.8, 4) is 0 Å². The molecule has 10 heteroatoms. The van der Waals surface area contributed by atoms with E-state index in [1.807, 2.05) is 54.6 Å². The molecular weight excluding hydrogens is 550 g/mol. The molecule has 0 unspecified atom stereocenters. The zero-order valence-corrected chi connectivity index (χ0v) is 24.2. The van der Waals surface area contributed by atoms with Gasteiger partial charge in [0.2, 0.25) is 11.8 Å². The van der Waals surface area contributed by atoms with Gasteiger partial charge in [-0.15, -0.1) is 0 Å². The van der Waals surface area contributed by atoms with Crippen LogP contribution in [0.5, 0.6) is 0 Å². The molecule has 0 radical (unpaired) electrons. The molecule has 4 aliphatic heterocycles. The average molecular weight is 588 g/mol. The van der Waals surface area contributed by atoms with Crippen LogP contribution in [0, 0.1) is 11.8 Å². The zero-order chi connectivity index (χ0) is 30.1. The molecule has 3 amide bonds. The van der Waals surface area contributed by atoms with E-state index < -0.39 is 41.7 Å². The van der Waals surface area contributed by atoms with Gasteiger partial charge in [-0.05, 0) is 49.1 Å². The Kier molecular flexibility index (Phi) is 8.07. The van der Waals surface area contributed by atoms with E-state index in [9.17, 15) is 24.3 Å². The summed E-state index contributed by atoms with van der Waals surface area (Å²) < 4.78 is 12.2. The summed E-state index contributed by atoms with van der Waals surface area (Å²) in [6.07, 6.45) is 7.64. The maximum atomic E-state index is 14.8. The van der Waals surface area contributed by atoms with Crippen molar-refractivity contribution in [3.63, 3.8) is 0 Å². The maximum absolute atomic E-state index is 14.8. The van der Waals surface area contributed by atoms with Gasteiger partial charge in [0.25, 0.3) is 5.91 Å². The van der Waals surface area contributed by atoms with Crippen LogP contribution < -0.4 is 10.2 Å². The van der Waals surface area contributed by atoms with E-state index in [0.717, 1.165) is 10.8 Å². The summed E-state index contributed by atoms with van der Waals surface area (Å²) in [5.74, 6) is -3.26. The largest absolute Gasteiger partial charge is 0.460 e. The Labute approximate surface area is 250 Å². The molecule has 1 spiro atoms. The average Bonchev–Trinajstić information content (AvgIpc) is 3.64. The van der Waals surface area contributed by atoms with Crippen molar-refractivity contribution in [2.75, 3.05) is 31.1 Å². The number of nitrogens with one attached hydrogen (secondary N) is 1. The van der Waals surface area contributed by atoms with E-state index >= 15 is 0 Å². The Morgan fingerprint density at radius 1 is 1.02 bits per heavy atom. The number of amides is 3. The predicted molar refractivity (Wildman–Crippen MR) is 159 cm³/mol. The first-order valence-corrected chi connectivity index (χ1v) is 15.0. The lowest BCUT2D eigenvalue weighted by molar-refractivity contribution is -0.158. The number of aliphatic hydroxyl groups is 1. The van der Waals surface area contributed by atoms with Gasteiger partial charge in [0.05, 0.1) is 18.6 Å². The van der Waals surface area contributed by atoms with Crippen molar-refractivity contribution >= 4 is 40.2 Å². The van der Waals surface area contributed by atoms with Crippen LogP contribution in [0.1, 0.15) is 32.6 Å². The number of anilines is 1. The molecule has 6 atom stereocenters. The Morgan fingerprint density at radius 3 is 2.65 bits per heavy atom. The second-order valence-electron chi connectivity index (χ2n) is 11.7. The van der Waals surface area contributed by atoms with E-state index in [-0.39, 0.29) is 50.4 Å². The van der Waals surface area contributed by atoms with E-state index in [1.165, 1.54) is 0 Å². The summed E-state index contributed by atoms with van der Waals surface area (Å²) in [5.41, 5.74) is -0.667. The van der Waals surface area contributed by atoms with Gasteiger partial charge in [-0.25, -0.2) is 0 Å². The first-order valence-electron chi connectivity index (χ1n) is 15.0. The van der Waals surface area contributed by atoms with Gasteiger partial charge in [-0.3, -0.25) is 19.2 Å². The molecule has 43 heavy (non-hydrogen) atoms. The number of carbonyl (C=O) groups excluding carboxylic acids is 4. The number of hydrogen-bond acceptors (Lipinski definition) is 7. The highest BCUT2D eigenvalue weighted by atomic mass is 16.6. The summed E-state index contributed by atoms with van der Waals surface area (Å²) in [6, 6.07) is 12.7. The first kappa shape index (κ1) is 29.1. The second kappa shape index (κ2) is 11.9. The normalized spacial score (nSPS) is 31.8. The van der Waals surface area contributed by atoms with Crippen molar-refractivity contribution in [2.45, 2.75) is 56.5 Å². The molecular formula is C33H37N3O7. The third kappa shape index (κ3) is 5.23. The van der Waals surface area contributed by atoms with E-state index in [1.54, 1.807) is 28.9 Å². The van der Waals surface area contributed by atoms with Gasteiger partial charge in [-0.2, -0.15) is 0 Å². The van der Waals surface area contributed by atoms with Gasteiger partial charge in [0.1, 0.15) is 23.7 Å². The van der Waals surface area contributed by atoms with Crippen LogP contribution in [0.2, 0.25) is 0 Å². The topological polar surface area (TPSA) is 125 Å². The zero-order valence-electron chi connectivity index (χ0n) is 24.2. The minimum atomic E-state index is -1.33. The van der Waals surface area contributed by atoms with Crippen molar-refractivity contribution in [3.05, 3.63) is 66.8 Å². The molecule has 2 N–H and O–H groups in total. The Hall–Kier alpha value is -4.02. The lowest BCUT2D eigenvalue weighted by atomic mass is 9.74. The summed E-state index contributed by atoms with van der Waals surface area (Å²) in [4.78, 5) is 58.1. The third-order valence-electron chi connectivity index (χ3n) is 8.89. The number of carbonyl (C=O) groups is 4. The van der Waals surface area contributed by atoms with Gasteiger partial charge in [-0.1, -0.05) is 54.6 Å². The highest BCUT2D eigenvalue weighted by molar-refractivity contribution is 6.06. The van der Waals surface area contributed by atoms with Gasteiger partial charge < -0.3 is 29.7 Å². The van der Waals surface area contributed by atoms with Crippen molar-refractivity contribution in [1.82, 2.24) is 10.2 Å². The molecule has 2 saturated heterocycles. The summed E-state index contributed by atoms with van der Waals surface area (Å²) in [5, 5.41) is 14.2. The van der Waals surface area contributed by atoms with Crippen LogP contribution in [0.4, 0.5) is 5.69 Å². The van der Waals surface area contributed by atoms with Crippen LogP contribution in [-0.2, 0) is 28.7 Å². The maximum Gasteiger partial charge on any atom is 0.313 e. The van der Waals surface area contributed by atoms with Crippen LogP contribution in [0.15, 0.2) is 66.8 Å². The minimum absolute atomic E-state index is 0.0366. The number of benzene rings is 2. The molecule has 226 valence electrons. The fourth-order valence-corrected chi connectivity index (χ4v) is 6.84. The number of nitrogens with zero attached hydrogens (tertiary/aromatic N) is 2. The molecule has 0 aromatic heterocycles. The van der Waals surface area contributed by atoms with Gasteiger partial charge in [0, 0.05) is 31.8 Å². The van der Waals surface area contributed by atoms with Crippen LogP contribution in [-0.4, -0.2) is 83.8 Å². The first-order chi connectivity index (χ1) is 20.8. The smallest absolute Gasteiger partial charge is 0.313 e. The Morgan fingerprint density at radius 2 is 1.84 bits per heavy atom. The van der Waals surface area contributed by atoms with Gasteiger partial charge in [0.15, 0.2) is 0 Å². The third-order valence-corrected chi connectivity index (χ3v) is 8.89. The lowest BCUT2D eigenvalue weighted by Gasteiger charge is -2.36. The monoisotopic (exact) mass is 587 g/mol.